The minimum Gasteiger partial charge on any atom is -0.193 e. The summed E-state index contributed by atoms with van der Waals surface area (Å²) < 4.78 is 0. The van der Waals surface area contributed by atoms with Crippen molar-refractivity contribution in [3.8, 4) is 6.07 Å². The zero-order valence-electron chi connectivity index (χ0n) is 15.3. The minimum atomic E-state index is 0.686. The van der Waals surface area contributed by atoms with Crippen molar-refractivity contribution in [1.29, 1.82) is 5.26 Å². The third-order valence-electron chi connectivity index (χ3n) is 6.53. The molecular weight excluding hydrogens is 278 g/mol. The molecular formula is C22H37N. The molecule has 23 heavy (non-hydrogen) atoms. The Balaban J connectivity index is 1.58. The maximum absolute atomic E-state index is 8.64. The molecule has 130 valence electrons. The molecule has 0 amide bonds. The first-order valence-electron chi connectivity index (χ1n) is 10.4. The van der Waals surface area contributed by atoms with Crippen LogP contribution >= 0.6 is 0 Å². The van der Waals surface area contributed by atoms with Crippen molar-refractivity contribution < 1.29 is 0 Å². The van der Waals surface area contributed by atoms with Gasteiger partial charge >= 0.3 is 0 Å². The lowest BCUT2D eigenvalue weighted by Gasteiger charge is -2.37. The summed E-state index contributed by atoms with van der Waals surface area (Å²) in [6.45, 7) is 2.30. The van der Waals surface area contributed by atoms with E-state index in [4.69, 9.17) is 5.26 Å². The van der Waals surface area contributed by atoms with E-state index < -0.39 is 0 Å². The number of hydrogen-bond acceptors (Lipinski definition) is 1. The SMILES string of the molecule is CCCCCCCC1CCC(C2CCC(C=CC#N)CC2)CC1. The van der Waals surface area contributed by atoms with Crippen molar-refractivity contribution in [2.75, 3.05) is 0 Å². The molecule has 0 radical (unpaired) electrons. The van der Waals surface area contributed by atoms with Gasteiger partial charge in [-0.2, -0.15) is 5.26 Å². The van der Waals surface area contributed by atoms with Gasteiger partial charge in [0.15, 0.2) is 0 Å². The number of nitriles is 1. The van der Waals surface area contributed by atoms with E-state index >= 15 is 0 Å². The Labute approximate surface area is 144 Å². The monoisotopic (exact) mass is 315 g/mol. The highest BCUT2D eigenvalue weighted by Crippen LogP contribution is 2.42. The Morgan fingerprint density at radius 3 is 2.04 bits per heavy atom. The average molecular weight is 316 g/mol. The molecule has 0 spiro atoms. The van der Waals surface area contributed by atoms with Gasteiger partial charge in [0.05, 0.1) is 6.07 Å². The van der Waals surface area contributed by atoms with Gasteiger partial charge in [0.1, 0.15) is 0 Å². The summed E-state index contributed by atoms with van der Waals surface area (Å²) >= 11 is 0. The summed E-state index contributed by atoms with van der Waals surface area (Å²) in [5, 5.41) is 8.64. The highest BCUT2D eigenvalue weighted by Gasteiger charge is 2.30. The van der Waals surface area contributed by atoms with Crippen molar-refractivity contribution in [3.63, 3.8) is 0 Å². The molecule has 1 heteroatoms. The first-order valence-corrected chi connectivity index (χ1v) is 10.4. The van der Waals surface area contributed by atoms with Crippen LogP contribution in [-0.4, -0.2) is 0 Å². The van der Waals surface area contributed by atoms with Crippen LogP contribution in [0.15, 0.2) is 12.2 Å². The number of allylic oxidation sites excluding steroid dienone is 2. The lowest BCUT2D eigenvalue weighted by Crippen LogP contribution is -2.25. The summed E-state index contributed by atoms with van der Waals surface area (Å²) in [6, 6.07) is 2.14. The van der Waals surface area contributed by atoms with Gasteiger partial charge in [-0.05, 0) is 62.2 Å². The molecule has 2 rings (SSSR count). The van der Waals surface area contributed by atoms with Gasteiger partial charge in [0.2, 0.25) is 0 Å². The fourth-order valence-corrected chi connectivity index (χ4v) is 4.97. The summed E-state index contributed by atoms with van der Waals surface area (Å²) in [5.74, 6) is 3.74. The van der Waals surface area contributed by atoms with E-state index in [0.717, 1.165) is 17.8 Å². The first-order chi connectivity index (χ1) is 11.3. The molecule has 2 aliphatic rings. The van der Waals surface area contributed by atoms with Crippen LogP contribution in [0, 0.1) is 35.0 Å². The van der Waals surface area contributed by atoms with Crippen molar-refractivity contribution in [3.05, 3.63) is 12.2 Å². The predicted octanol–water partition coefficient (Wildman–Crippen LogP) is 7.04. The Bertz CT molecular complexity index is 362. The third-order valence-corrected chi connectivity index (χ3v) is 6.53. The molecule has 0 aromatic rings. The van der Waals surface area contributed by atoms with Crippen LogP contribution in [0.2, 0.25) is 0 Å². The fraction of sp³-hybridized carbons (Fsp3) is 0.864. The molecule has 0 bridgehead atoms. The van der Waals surface area contributed by atoms with Crippen molar-refractivity contribution >= 4 is 0 Å². The summed E-state index contributed by atoms with van der Waals surface area (Å²) in [4.78, 5) is 0. The largest absolute Gasteiger partial charge is 0.193 e. The van der Waals surface area contributed by atoms with E-state index in [9.17, 15) is 0 Å². The van der Waals surface area contributed by atoms with Crippen LogP contribution in [0.5, 0.6) is 0 Å². The lowest BCUT2D eigenvalue weighted by atomic mass is 9.68. The molecule has 2 saturated carbocycles. The average Bonchev–Trinajstić information content (AvgIpc) is 2.61. The highest BCUT2D eigenvalue weighted by atomic mass is 14.4. The summed E-state index contributed by atoms with van der Waals surface area (Å²) in [6.07, 6.45) is 24.0. The number of nitrogens with zero attached hydrogens (tertiary/aromatic N) is 1. The maximum atomic E-state index is 8.64. The van der Waals surface area contributed by atoms with Gasteiger partial charge < -0.3 is 0 Å². The van der Waals surface area contributed by atoms with Crippen molar-refractivity contribution in [1.82, 2.24) is 0 Å². The molecule has 0 heterocycles. The Kier molecular flexibility index (Phi) is 8.80. The molecule has 0 unspecified atom stereocenters. The van der Waals surface area contributed by atoms with E-state index in [1.165, 1.54) is 89.9 Å². The van der Waals surface area contributed by atoms with Gasteiger partial charge in [0.25, 0.3) is 0 Å². The summed E-state index contributed by atoms with van der Waals surface area (Å²) in [7, 11) is 0. The molecule has 2 aliphatic carbocycles. The molecule has 0 aliphatic heterocycles. The van der Waals surface area contributed by atoms with Crippen LogP contribution in [-0.2, 0) is 0 Å². The third kappa shape index (κ3) is 6.70. The van der Waals surface area contributed by atoms with Gasteiger partial charge in [-0.1, -0.05) is 64.4 Å². The molecule has 0 saturated heterocycles. The standard InChI is InChI=1S/C22H37N/c1-2-3-4-5-6-8-19-10-14-21(15-11-19)22-16-12-20(13-17-22)9-7-18-23/h7,9,19-22H,2-6,8,10-17H2,1H3. The molecule has 0 aromatic heterocycles. The normalized spacial score (nSPS) is 32.0. The predicted molar refractivity (Wildman–Crippen MR) is 99.0 cm³/mol. The highest BCUT2D eigenvalue weighted by molar-refractivity contribution is 5.04. The quantitative estimate of drug-likeness (QED) is 0.348. The lowest BCUT2D eigenvalue weighted by molar-refractivity contribution is 0.151. The van der Waals surface area contributed by atoms with E-state index in [-0.39, 0.29) is 0 Å². The second-order valence-electron chi connectivity index (χ2n) is 8.15. The van der Waals surface area contributed by atoms with Crippen LogP contribution < -0.4 is 0 Å². The minimum absolute atomic E-state index is 0.686. The van der Waals surface area contributed by atoms with Gasteiger partial charge in [0, 0.05) is 6.08 Å². The molecule has 2 fully saturated rings. The van der Waals surface area contributed by atoms with Crippen LogP contribution in [0.1, 0.15) is 96.8 Å². The Morgan fingerprint density at radius 1 is 0.826 bits per heavy atom. The van der Waals surface area contributed by atoms with Gasteiger partial charge in [-0.25, -0.2) is 0 Å². The van der Waals surface area contributed by atoms with E-state index in [2.05, 4.69) is 19.1 Å². The topological polar surface area (TPSA) is 23.8 Å². The van der Waals surface area contributed by atoms with Crippen LogP contribution in [0.3, 0.4) is 0 Å². The zero-order valence-corrected chi connectivity index (χ0v) is 15.3. The van der Waals surface area contributed by atoms with Crippen molar-refractivity contribution in [2.24, 2.45) is 23.7 Å². The zero-order chi connectivity index (χ0) is 16.3. The fourth-order valence-electron chi connectivity index (χ4n) is 4.97. The second-order valence-corrected chi connectivity index (χ2v) is 8.15. The van der Waals surface area contributed by atoms with E-state index in [0.29, 0.717) is 5.92 Å². The van der Waals surface area contributed by atoms with Crippen LogP contribution in [0.25, 0.3) is 0 Å². The van der Waals surface area contributed by atoms with Crippen molar-refractivity contribution in [2.45, 2.75) is 96.8 Å². The second kappa shape index (κ2) is 10.9. The number of unbranched alkanes of at least 4 members (excludes halogenated alkanes) is 4. The molecule has 0 aromatic carbocycles. The Morgan fingerprint density at radius 2 is 1.43 bits per heavy atom. The maximum Gasteiger partial charge on any atom is 0.0908 e. The molecule has 0 N–H and O–H groups in total. The molecule has 1 nitrogen and oxygen atoms in total. The van der Waals surface area contributed by atoms with E-state index in [1.54, 1.807) is 6.08 Å². The summed E-state index contributed by atoms with van der Waals surface area (Å²) in [5.41, 5.74) is 0. The van der Waals surface area contributed by atoms with E-state index in [1.807, 2.05) is 0 Å². The Hall–Kier alpha value is -0.770. The molecule has 0 atom stereocenters. The van der Waals surface area contributed by atoms with Gasteiger partial charge in [-0.3, -0.25) is 0 Å². The smallest absolute Gasteiger partial charge is 0.0908 e. The van der Waals surface area contributed by atoms with Gasteiger partial charge in [-0.15, -0.1) is 0 Å². The van der Waals surface area contributed by atoms with Crippen LogP contribution in [0.4, 0.5) is 0 Å². The first kappa shape index (κ1) is 18.6. The number of rotatable bonds is 8. The number of hydrogen-bond donors (Lipinski definition) is 0.